The SMILES string of the molecule is NC1CC(F)(F)CC1CCC1CN(C(=O)OCc2ccccc2)CCN1S(=O)(=O)c1ccccc1. The predicted octanol–water partition coefficient (Wildman–Crippen LogP) is 3.85. The monoisotopic (exact) mass is 507 g/mol. The van der Waals surface area contributed by atoms with Crippen LogP contribution in [-0.4, -0.2) is 61.4 Å². The fraction of sp³-hybridized carbons (Fsp3) is 0.480. The Bertz CT molecular complexity index is 1100. The quantitative estimate of drug-likeness (QED) is 0.615. The van der Waals surface area contributed by atoms with Gasteiger partial charge in [0.2, 0.25) is 15.9 Å². The van der Waals surface area contributed by atoms with Crippen LogP contribution < -0.4 is 5.73 Å². The smallest absolute Gasteiger partial charge is 0.410 e. The molecule has 1 heterocycles. The van der Waals surface area contributed by atoms with E-state index >= 15 is 0 Å². The Kier molecular flexibility index (Phi) is 7.73. The van der Waals surface area contributed by atoms with E-state index in [1.54, 1.807) is 18.2 Å². The van der Waals surface area contributed by atoms with E-state index in [0.29, 0.717) is 12.8 Å². The highest BCUT2D eigenvalue weighted by Crippen LogP contribution is 2.41. The average molecular weight is 508 g/mol. The van der Waals surface area contributed by atoms with Gasteiger partial charge in [-0.2, -0.15) is 4.31 Å². The van der Waals surface area contributed by atoms with Gasteiger partial charge in [-0.05, 0) is 36.5 Å². The first-order chi connectivity index (χ1) is 16.7. The molecule has 0 radical (unpaired) electrons. The number of benzene rings is 2. The molecule has 1 aliphatic carbocycles. The van der Waals surface area contributed by atoms with Crippen molar-refractivity contribution >= 4 is 16.1 Å². The summed E-state index contributed by atoms with van der Waals surface area (Å²) in [7, 11) is -3.82. The Morgan fingerprint density at radius 2 is 1.66 bits per heavy atom. The van der Waals surface area contributed by atoms with Crippen molar-refractivity contribution in [3.05, 3.63) is 66.2 Å². The van der Waals surface area contributed by atoms with Crippen molar-refractivity contribution in [2.45, 2.75) is 55.2 Å². The number of nitrogens with zero attached hydrogens (tertiary/aromatic N) is 2. The Morgan fingerprint density at radius 1 is 1.00 bits per heavy atom. The summed E-state index contributed by atoms with van der Waals surface area (Å²) in [5.74, 6) is -3.19. The van der Waals surface area contributed by atoms with Crippen molar-refractivity contribution in [2.24, 2.45) is 11.7 Å². The van der Waals surface area contributed by atoms with E-state index < -0.39 is 40.0 Å². The van der Waals surface area contributed by atoms with Crippen LogP contribution in [0.4, 0.5) is 13.6 Å². The van der Waals surface area contributed by atoms with Crippen LogP contribution in [0, 0.1) is 5.92 Å². The lowest BCUT2D eigenvalue weighted by Gasteiger charge is -2.40. The molecule has 4 rings (SSSR count). The number of carbonyl (C=O) groups is 1. The van der Waals surface area contributed by atoms with Gasteiger partial charge >= 0.3 is 6.09 Å². The van der Waals surface area contributed by atoms with Crippen LogP contribution in [0.3, 0.4) is 0 Å². The number of ether oxygens (including phenoxy) is 1. The molecule has 1 saturated carbocycles. The first-order valence-electron chi connectivity index (χ1n) is 11.8. The molecule has 7 nitrogen and oxygen atoms in total. The van der Waals surface area contributed by atoms with Crippen LogP contribution in [0.1, 0.15) is 31.2 Å². The molecule has 35 heavy (non-hydrogen) atoms. The third-order valence-electron chi connectivity index (χ3n) is 6.81. The normalized spacial score (nSPS) is 24.9. The lowest BCUT2D eigenvalue weighted by molar-refractivity contribution is 0.00357. The van der Waals surface area contributed by atoms with Gasteiger partial charge in [0, 0.05) is 44.6 Å². The molecule has 1 amide bonds. The Morgan fingerprint density at radius 3 is 2.29 bits per heavy atom. The van der Waals surface area contributed by atoms with Gasteiger partial charge in [0.05, 0.1) is 4.90 Å². The standard InChI is InChI=1S/C25H31F2N3O4S/c26-25(27)15-20(23(28)16-25)11-12-21-17-29(24(31)34-18-19-7-3-1-4-8-19)13-14-30(21)35(32,33)22-9-5-2-6-10-22/h1-10,20-21,23H,11-18,28H2. The van der Waals surface area contributed by atoms with E-state index in [9.17, 15) is 22.0 Å². The number of amides is 1. The maximum atomic E-state index is 13.8. The molecule has 10 heteroatoms. The molecule has 1 saturated heterocycles. The summed E-state index contributed by atoms with van der Waals surface area (Å²) >= 11 is 0. The molecule has 0 bridgehead atoms. The van der Waals surface area contributed by atoms with Crippen molar-refractivity contribution in [2.75, 3.05) is 19.6 Å². The highest BCUT2D eigenvalue weighted by atomic mass is 32.2. The molecule has 0 spiro atoms. The summed E-state index contributed by atoms with van der Waals surface area (Å²) in [6.45, 7) is 0.503. The summed E-state index contributed by atoms with van der Waals surface area (Å²) in [4.78, 5) is 14.4. The molecule has 0 aromatic heterocycles. The zero-order chi connectivity index (χ0) is 25.1. The maximum absolute atomic E-state index is 13.8. The number of hydrogen-bond donors (Lipinski definition) is 1. The van der Waals surface area contributed by atoms with E-state index in [2.05, 4.69) is 0 Å². The number of rotatable bonds is 7. The van der Waals surface area contributed by atoms with Gasteiger partial charge in [-0.1, -0.05) is 48.5 Å². The Hall–Kier alpha value is -2.56. The number of alkyl halides is 2. The van der Waals surface area contributed by atoms with Gasteiger partial charge in [-0.3, -0.25) is 0 Å². The van der Waals surface area contributed by atoms with Crippen LogP contribution in [0.15, 0.2) is 65.6 Å². The van der Waals surface area contributed by atoms with E-state index in [-0.39, 0.29) is 44.0 Å². The van der Waals surface area contributed by atoms with Crippen LogP contribution in [0.25, 0.3) is 0 Å². The van der Waals surface area contributed by atoms with Crippen LogP contribution >= 0.6 is 0 Å². The minimum atomic E-state index is -3.82. The van der Waals surface area contributed by atoms with Gasteiger partial charge in [-0.15, -0.1) is 0 Å². The minimum absolute atomic E-state index is 0.0925. The zero-order valence-electron chi connectivity index (χ0n) is 19.4. The molecule has 1 aliphatic heterocycles. The number of carbonyl (C=O) groups excluding carboxylic acids is 1. The largest absolute Gasteiger partial charge is 0.445 e. The van der Waals surface area contributed by atoms with E-state index in [4.69, 9.17) is 10.5 Å². The fourth-order valence-electron chi connectivity index (χ4n) is 4.95. The van der Waals surface area contributed by atoms with Gasteiger partial charge in [0.1, 0.15) is 6.61 Å². The predicted molar refractivity (Wildman–Crippen MR) is 127 cm³/mol. The molecule has 3 atom stereocenters. The summed E-state index contributed by atoms with van der Waals surface area (Å²) in [6.07, 6.45) is -0.501. The summed E-state index contributed by atoms with van der Waals surface area (Å²) in [6, 6.07) is 16.2. The molecule has 190 valence electrons. The molecule has 2 aromatic carbocycles. The molecule has 2 N–H and O–H groups in total. The molecule has 2 fully saturated rings. The van der Waals surface area contributed by atoms with Crippen molar-refractivity contribution in [1.29, 1.82) is 0 Å². The first kappa shape index (κ1) is 25.5. The number of nitrogens with two attached hydrogens (primary N) is 1. The Labute approximate surface area is 204 Å². The lowest BCUT2D eigenvalue weighted by Crippen LogP contribution is -2.56. The second-order valence-corrected chi connectivity index (χ2v) is 11.2. The average Bonchev–Trinajstić information content (AvgIpc) is 3.13. The molecule has 3 unspecified atom stereocenters. The topological polar surface area (TPSA) is 92.9 Å². The maximum Gasteiger partial charge on any atom is 0.410 e. The first-order valence-corrected chi connectivity index (χ1v) is 13.3. The second-order valence-electron chi connectivity index (χ2n) is 9.33. The number of halogens is 2. The highest BCUT2D eigenvalue weighted by Gasteiger charge is 2.45. The third-order valence-corrected chi connectivity index (χ3v) is 8.78. The van der Waals surface area contributed by atoms with E-state index in [1.807, 2.05) is 30.3 Å². The van der Waals surface area contributed by atoms with Crippen LogP contribution in [0.2, 0.25) is 0 Å². The highest BCUT2D eigenvalue weighted by molar-refractivity contribution is 7.89. The van der Waals surface area contributed by atoms with Crippen LogP contribution in [-0.2, 0) is 21.4 Å². The second kappa shape index (κ2) is 10.6. The molecule has 2 aromatic rings. The van der Waals surface area contributed by atoms with Crippen molar-refractivity contribution in [1.82, 2.24) is 9.21 Å². The minimum Gasteiger partial charge on any atom is -0.445 e. The number of hydrogen-bond acceptors (Lipinski definition) is 5. The van der Waals surface area contributed by atoms with E-state index in [1.165, 1.54) is 21.3 Å². The fourth-order valence-corrected chi connectivity index (χ4v) is 6.61. The Balaban J connectivity index is 1.47. The lowest BCUT2D eigenvalue weighted by atomic mass is 9.95. The summed E-state index contributed by atoms with van der Waals surface area (Å²) in [5, 5.41) is 0. The van der Waals surface area contributed by atoms with Gasteiger partial charge in [0.15, 0.2) is 0 Å². The van der Waals surface area contributed by atoms with Crippen molar-refractivity contribution < 1.29 is 26.7 Å². The molecular weight excluding hydrogens is 476 g/mol. The summed E-state index contributed by atoms with van der Waals surface area (Å²) < 4.78 is 61.3. The summed E-state index contributed by atoms with van der Waals surface area (Å²) in [5.41, 5.74) is 6.80. The van der Waals surface area contributed by atoms with E-state index in [0.717, 1.165) is 5.56 Å². The third kappa shape index (κ3) is 6.17. The molecular formula is C25H31F2N3O4S. The van der Waals surface area contributed by atoms with Crippen molar-refractivity contribution in [3.63, 3.8) is 0 Å². The number of piperazine rings is 1. The van der Waals surface area contributed by atoms with Crippen LogP contribution in [0.5, 0.6) is 0 Å². The van der Waals surface area contributed by atoms with Gasteiger partial charge in [0.25, 0.3) is 0 Å². The van der Waals surface area contributed by atoms with Crippen molar-refractivity contribution in [3.8, 4) is 0 Å². The zero-order valence-corrected chi connectivity index (χ0v) is 20.2. The van der Waals surface area contributed by atoms with Gasteiger partial charge in [-0.25, -0.2) is 22.0 Å². The number of sulfonamides is 1. The molecule has 2 aliphatic rings. The van der Waals surface area contributed by atoms with Gasteiger partial charge < -0.3 is 15.4 Å².